The molecule has 1 N–H and O–H groups in total. The summed E-state index contributed by atoms with van der Waals surface area (Å²) < 4.78 is 30.2. The minimum Gasteiger partial charge on any atom is -0.469 e. The maximum Gasteiger partial charge on any atom is 0.223 e. The number of likely N-dealkylation sites (tertiary alicyclic amines) is 1. The minimum atomic E-state index is -3.22. The van der Waals surface area contributed by atoms with Crippen LogP contribution < -0.4 is 4.72 Å². The van der Waals surface area contributed by atoms with Crippen molar-refractivity contribution in [2.24, 2.45) is 0 Å². The molecule has 1 saturated heterocycles. The van der Waals surface area contributed by atoms with Crippen LogP contribution in [0.2, 0.25) is 0 Å². The Balaban J connectivity index is 1.83. The highest BCUT2D eigenvalue weighted by molar-refractivity contribution is 7.88. The summed E-state index contributed by atoms with van der Waals surface area (Å²) in [5, 5.41) is 0. The van der Waals surface area contributed by atoms with Gasteiger partial charge in [0.2, 0.25) is 15.9 Å². The van der Waals surface area contributed by atoms with Crippen molar-refractivity contribution in [3.05, 3.63) is 24.2 Å². The number of piperidine rings is 1. The molecule has 1 aromatic heterocycles. The van der Waals surface area contributed by atoms with E-state index >= 15 is 0 Å². The summed E-state index contributed by atoms with van der Waals surface area (Å²) in [4.78, 5) is 13.8. The fourth-order valence-electron chi connectivity index (χ4n) is 2.45. The Morgan fingerprint density at radius 1 is 1.55 bits per heavy atom. The van der Waals surface area contributed by atoms with Gasteiger partial charge in [-0.25, -0.2) is 13.1 Å². The van der Waals surface area contributed by atoms with Gasteiger partial charge < -0.3 is 9.32 Å². The second-order valence-corrected chi connectivity index (χ2v) is 6.93. The van der Waals surface area contributed by atoms with Crippen molar-refractivity contribution in [2.45, 2.75) is 31.7 Å². The molecule has 1 aliphatic heterocycles. The number of hydrogen-bond acceptors (Lipinski definition) is 4. The number of furan rings is 1. The number of rotatable bonds is 5. The van der Waals surface area contributed by atoms with Crippen LogP contribution in [0.1, 0.15) is 25.0 Å². The van der Waals surface area contributed by atoms with Crippen molar-refractivity contribution < 1.29 is 17.6 Å². The topological polar surface area (TPSA) is 79.6 Å². The van der Waals surface area contributed by atoms with Crippen LogP contribution in [-0.2, 0) is 21.2 Å². The number of aryl methyl sites for hydroxylation is 1. The van der Waals surface area contributed by atoms with Gasteiger partial charge in [-0.2, -0.15) is 0 Å². The summed E-state index contributed by atoms with van der Waals surface area (Å²) in [6.45, 7) is 1.14. The Morgan fingerprint density at radius 3 is 3.00 bits per heavy atom. The summed E-state index contributed by atoms with van der Waals surface area (Å²) in [6.07, 6.45) is 5.29. The number of nitrogens with zero attached hydrogens (tertiary/aromatic N) is 1. The van der Waals surface area contributed by atoms with Crippen molar-refractivity contribution in [3.8, 4) is 0 Å². The van der Waals surface area contributed by atoms with E-state index in [9.17, 15) is 13.2 Å². The average molecular weight is 300 g/mol. The van der Waals surface area contributed by atoms with Gasteiger partial charge in [0.15, 0.2) is 0 Å². The lowest BCUT2D eigenvalue weighted by atomic mass is 10.1. The third-order valence-electron chi connectivity index (χ3n) is 3.32. The van der Waals surface area contributed by atoms with Crippen molar-refractivity contribution in [3.63, 3.8) is 0 Å². The van der Waals surface area contributed by atoms with Crippen LogP contribution in [0.5, 0.6) is 0 Å². The first-order valence-electron chi connectivity index (χ1n) is 6.71. The Morgan fingerprint density at radius 2 is 2.35 bits per heavy atom. The van der Waals surface area contributed by atoms with Gasteiger partial charge in [-0.05, 0) is 25.0 Å². The van der Waals surface area contributed by atoms with Gasteiger partial charge in [-0.3, -0.25) is 4.79 Å². The molecule has 20 heavy (non-hydrogen) atoms. The highest BCUT2D eigenvalue weighted by Crippen LogP contribution is 2.13. The van der Waals surface area contributed by atoms with Gasteiger partial charge in [0.1, 0.15) is 5.76 Å². The molecule has 7 heteroatoms. The summed E-state index contributed by atoms with van der Waals surface area (Å²) in [7, 11) is -3.22. The van der Waals surface area contributed by atoms with Crippen LogP contribution in [0.4, 0.5) is 0 Å². The van der Waals surface area contributed by atoms with Crippen LogP contribution in [0.3, 0.4) is 0 Å². The second kappa shape index (κ2) is 6.41. The van der Waals surface area contributed by atoms with E-state index in [0.29, 0.717) is 25.9 Å². The molecule has 2 rings (SSSR count). The largest absolute Gasteiger partial charge is 0.469 e. The lowest BCUT2D eigenvalue weighted by molar-refractivity contribution is -0.132. The molecule has 0 spiro atoms. The van der Waals surface area contributed by atoms with Crippen molar-refractivity contribution in [1.29, 1.82) is 0 Å². The van der Waals surface area contributed by atoms with E-state index in [1.807, 2.05) is 6.07 Å². The number of sulfonamides is 1. The molecule has 1 amide bonds. The van der Waals surface area contributed by atoms with E-state index in [0.717, 1.165) is 24.9 Å². The number of nitrogens with one attached hydrogen (secondary N) is 1. The molecule has 0 bridgehead atoms. The van der Waals surface area contributed by atoms with Crippen LogP contribution in [0.15, 0.2) is 22.8 Å². The van der Waals surface area contributed by atoms with Crippen LogP contribution in [-0.4, -0.2) is 44.6 Å². The fourth-order valence-corrected chi connectivity index (χ4v) is 3.24. The normalized spacial score (nSPS) is 20.1. The predicted molar refractivity (Wildman–Crippen MR) is 74.6 cm³/mol. The highest BCUT2D eigenvalue weighted by atomic mass is 32.2. The third kappa shape index (κ3) is 4.64. The number of carbonyl (C=O) groups is 1. The van der Waals surface area contributed by atoms with Gasteiger partial charge in [-0.1, -0.05) is 0 Å². The maximum atomic E-state index is 12.1. The molecule has 0 unspecified atom stereocenters. The number of amides is 1. The van der Waals surface area contributed by atoms with Crippen molar-refractivity contribution >= 4 is 15.9 Å². The van der Waals surface area contributed by atoms with E-state index in [1.54, 1.807) is 17.2 Å². The van der Waals surface area contributed by atoms with Gasteiger partial charge in [0, 0.05) is 32.0 Å². The molecular formula is C13H20N2O4S. The molecule has 1 fully saturated rings. The van der Waals surface area contributed by atoms with Crippen molar-refractivity contribution in [2.75, 3.05) is 19.3 Å². The monoisotopic (exact) mass is 300 g/mol. The predicted octanol–water partition coefficient (Wildman–Crippen LogP) is 0.752. The molecule has 1 aromatic rings. The van der Waals surface area contributed by atoms with Gasteiger partial charge in [0.05, 0.1) is 12.5 Å². The summed E-state index contributed by atoms with van der Waals surface area (Å²) in [5.41, 5.74) is 0. The molecule has 1 aliphatic rings. The first-order valence-corrected chi connectivity index (χ1v) is 8.60. The molecular weight excluding hydrogens is 280 g/mol. The maximum absolute atomic E-state index is 12.1. The highest BCUT2D eigenvalue weighted by Gasteiger charge is 2.25. The van der Waals surface area contributed by atoms with Gasteiger partial charge in [-0.15, -0.1) is 0 Å². The Hall–Kier alpha value is -1.34. The van der Waals surface area contributed by atoms with E-state index in [1.165, 1.54) is 0 Å². The molecule has 0 radical (unpaired) electrons. The SMILES string of the molecule is CS(=O)(=O)N[C@H]1CCCN(C(=O)CCc2ccco2)C1. The quantitative estimate of drug-likeness (QED) is 0.870. The Labute approximate surface area is 119 Å². The molecule has 1 atom stereocenters. The van der Waals surface area contributed by atoms with E-state index in [4.69, 9.17) is 4.42 Å². The summed E-state index contributed by atoms with van der Waals surface area (Å²) >= 11 is 0. The zero-order chi connectivity index (χ0) is 14.6. The van der Waals surface area contributed by atoms with E-state index < -0.39 is 10.0 Å². The van der Waals surface area contributed by atoms with E-state index in [-0.39, 0.29) is 11.9 Å². The Bertz CT molecular complexity index is 539. The molecule has 0 aliphatic carbocycles. The fraction of sp³-hybridized carbons (Fsp3) is 0.615. The first-order chi connectivity index (χ1) is 9.44. The standard InChI is InChI=1S/C13H20N2O4S/c1-20(17,18)14-11-4-2-8-15(10-11)13(16)7-6-12-5-3-9-19-12/h3,5,9,11,14H,2,4,6-8,10H2,1H3/t11-/m0/s1. The zero-order valence-electron chi connectivity index (χ0n) is 11.5. The van der Waals surface area contributed by atoms with Gasteiger partial charge >= 0.3 is 0 Å². The van der Waals surface area contributed by atoms with Crippen LogP contribution in [0.25, 0.3) is 0 Å². The Kier molecular flexibility index (Phi) is 4.82. The smallest absolute Gasteiger partial charge is 0.223 e. The van der Waals surface area contributed by atoms with E-state index in [2.05, 4.69) is 4.72 Å². The molecule has 0 saturated carbocycles. The molecule has 112 valence electrons. The second-order valence-electron chi connectivity index (χ2n) is 5.15. The zero-order valence-corrected chi connectivity index (χ0v) is 12.4. The lowest BCUT2D eigenvalue weighted by Crippen LogP contribution is -2.49. The number of hydrogen-bond donors (Lipinski definition) is 1. The lowest BCUT2D eigenvalue weighted by Gasteiger charge is -2.32. The molecule has 0 aromatic carbocycles. The average Bonchev–Trinajstić information content (AvgIpc) is 2.87. The third-order valence-corrected chi connectivity index (χ3v) is 4.08. The summed E-state index contributed by atoms with van der Waals surface area (Å²) in [6, 6.07) is 3.47. The van der Waals surface area contributed by atoms with Gasteiger partial charge in [0.25, 0.3) is 0 Å². The molecule has 2 heterocycles. The number of carbonyl (C=O) groups excluding carboxylic acids is 1. The summed E-state index contributed by atoms with van der Waals surface area (Å²) in [5.74, 6) is 0.836. The van der Waals surface area contributed by atoms with Crippen molar-refractivity contribution in [1.82, 2.24) is 9.62 Å². The minimum absolute atomic E-state index is 0.0430. The van der Waals surface area contributed by atoms with Crippen LogP contribution in [0, 0.1) is 0 Å². The van der Waals surface area contributed by atoms with Crippen LogP contribution >= 0.6 is 0 Å². The first kappa shape index (κ1) is 15.1. The molecule has 6 nitrogen and oxygen atoms in total.